The number of imidazole rings is 1. The Kier molecular flexibility index (Phi) is 3.86. The summed E-state index contributed by atoms with van der Waals surface area (Å²) >= 11 is 3.97. The maximum atomic E-state index is 12.8. The summed E-state index contributed by atoms with van der Waals surface area (Å²) in [5.74, 6) is -2.86. The zero-order chi connectivity index (χ0) is 10.1. The minimum absolute atomic E-state index is 0.405. The SMILES string of the molecule is NCC(F)(F)Cn1cnc(I)c1I. The summed E-state index contributed by atoms with van der Waals surface area (Å²) < 4.78 is 28.5. The number of nitrogens with zero attached hydrogens (tertiary/aromatic N) is 2. The Hall–Kier alpha value is 0.490. The van der Waals surface area contributed by atoms with Gasteiger partial charge >= 0.3 is 0 Å². The van der Waals surface area contributed by atoms with Gasteiger partial charge in [0.15, 0.2) is 0 Å². The van der Waals surface area contributed by atoms with Gasteiger partial charge in [0.25, 0.3) is 5.92 Å². The first-order chi connectivity index (χ1) is 5.96. The van der Waals surface area contributed by atoms with Gasteiger partial charge in [0.2, 0.25) is 0 Å². The van der Waals surface area contributed by atoms with Gasteiger partial charge in [-0.15, -0.1) is 0 Å². The second kappa shape index (κ2) is 4.34. The Labute approximate surface area is 101 Å². The number of rotatable bonds is 3. The van der Waals surface area contributed by atoms with Crippen LogP contribution in [0.15, 0.2) is 6.33 Å². The normalized spacial score (nSPS) is 12.1. The van der Waals surface area contributed by atoms with Crippen LogP contribution in [0.4, 0.5) is 8.78 Å². The highest BCUT2D eigenvalue weighted by molar-refractivity contribution is 14.1. The monoisotopic (exact) mass is 413 g/mol. The molecule has 0 aliphatic rings. The van der Waals surface area contributed by atoms with Crippen molar-refractivity contribution < 1.29 is 8.78 Å². The molecule has 0 atom stereocenters. The van der Waals surface area contributed by atoms with Crippen molar-refractivity contribution in [2.24, 2.45) is 5.73 Å². The lowest BCUT2D eigenvalue weighted by Gasteiger charge is -2.14. The van der Waals surface area contributed by atoms with E-state index in [1.807, 2.05) is 45.2 Å². The molecule has 3 nitrogen and oxygen atoms in total. The van der Waals surface area contributed by atoms with Gasteiger partial charge in [-0.25, -0.2) is 13.8 Å². The number of alkyl halides is 2. The van der Waals surface area contributed by atoms with E-state index in [-0.39, 0.29) is 0 Å². The zero-order valence-electron chi connectivity index (χ0n) is 6.48. The number of nitrogens with two attached hydrogens (primary N) is 1. The van der Waals surface area contributed by atoms with Gasteiger partial charge in [-0.05, 0) is 45.2 Å². The van der Waals surface area contributed by atoms with Crippen molar-refractivity contribution in [2.45, 2.75) is 12.5 Å². The molecule has 0 bridgehead atoms. The Bertz CT molecular complexity index is 300. The predicted molar refractivity (Wildman–Crippen MR) is 61.7 cm³/mol. The molecular weight excluding hydrogens is 406 g/mol. The second-order valence-corrected chi connectivity index (χ2v) is 4.56. The maximum absolute atomic E-state index is 12.8. The topological polar surface area (TPSA) is 43.8 Å². The van der Waals surface area contributed by atoms with E-state index in [9.17, 15) is 8.78 Å². The van der Waals surface area contributed by atoms with Crippen molar-refractivity contribution in [1.29, 1.82) is 0 Å². The van der Waals surface area contributed by atoms with Crippen LogP contribution in [-0.4, -0.2) is 22.0 Å². The standard InChI is InChI=1S/C6H7F2I2N3/c7-6(8,1-11)2-13-3-12-4(9)5(13)10/h3H,1-2,11H2. The third kappa shape index (κ3) is 2.98. The lowest BCUT2D eigenvalue weighted by atomic mass is 10.3. The average molecular weight is 413 g/mol. The van der Waals surface area contributed by atoms with Crippen LogP contribution in [0.1, 0.15) is 0 Å². The van der Waals surface area contributed by atoms with E-state index in [0.29, 0.717) is 3.70 Å². The van der Waals surface area contributed by atoms with Gasteiger partial charge in [0, 0.05) is 0 Å². The van der Waals surface area contributed by atoms with Crippen LogP contribution >= 0.6 is 45.2 Å². The van der Waals surface area contributed by atoms with Crippen LogP contribution in [0, 0.1) is 7.40 Å². The van der Waals surface area contributed by atoms with Crippen molar-refractivity contribution in [3.8, 4) is 0 Å². The molecule has 0 aliphatic carbocycles. The quantitative estimate of drug-likeness (QED) is 0.768. The maximum Gasteiger partial charge on any atom is 0.277 e. The predicted octanol–water partition coefficient (Wildman–Crippen LogP) is 1.69. The molecule has 1 rings (SSSR count). The molecule has 0 amide bonds. The third-order valence-electron chi connectivity index (χ3n) is 1.43. The van der Waals surface area contributed by atoms with E-state index in [1.165, 1.54) is 10.9 Å². The first-order valence-corrected chi connectivity index (χ1v) is 5.56. The largest absolute Gasteiger partial charge is 0.325 e. The highest BCUT2D eigenvalue weighted by Gasteiger charge is 2.28. The average Bonchev–Trinajstić information content (AvgIpc) is 2.36. The summed E-state index contributed by atoms with van der Waals surface area (Å²) in [6.07, 6.45) is 1.40. The van der Waals surface area contributed by atoms with E-state index in [1.54, 1.807) is 0 Å². The summed E-state index contributed by atoms with van der Waals surface area (Å²) in [6.45, 7) is -1.05. The summed E-state index contributed by atoms with van der Waals surface area (Å²) in [5.41, 5.74) is 4.92. The van der Waals surface area contributed by atoms with Gasteiger partial charge in [0.1, 0.15) is 7.40 Å². The molecule has 1 aromatic rings. The third-order valence-corrected chi connectivity index (χ3v) is 4.39. The van der Waals surface area contributed by atoms with Crippen molar-refractivity contribution >= 4 is 45.2 Å². The molecule has 74 valence electrons. The fourth-order valence-electron chi connectivity index (χ4n) is 0.767. The van der Waals surface area contributed by atoms with Gasteiger partial charge in [0.05, 0.1) is 19.4 Å². The summed E-state index contributed by atoms with van der Waals surface area (Å²) in [5, 5.41) is 0. The lowest BCUT2D eigenvalue weighted by Crippen LogP contribution is -2.33. The van der Waals surface area contributed by atoms with Crippen LogP contribution in [0.3, 0.4) is 0 Å². The van der Waals surface area contributed by atoms with E-state index in [2.05, 4.69) is 4.98 Å². The molecular formula is C6H7F2I2N3. The molecule has 0 unspecified atom stereocenters. The minimum Gasteiger partial charge on any atom is -0.325 e. The van der Waals surface area contributed by atoms with Gasteiger partial charge in [-0.1, -0.05) is 0 Å². The van der Waals surface area contributed by atoms with Gasteiger partial charge < -0.3 is 10.3 Å². The molecule has 0 radical (unpaired) electrons. The second-order valence-electron chi connectivity index (χ2n) is 2.51. The number of aromatic nitrogens is 2. The molecule has 0 spiro atoms. The minimum atomic E-state index is -2.86. The summed E-state index contributed by atoms with van der Waals surface area (Å²) in [4.78, 5) is 3.90. The summed E-state index contributed by atoms with van der Waals surface area (Å²) in [7, 11) is 0. The van der Waals surface area contributed by atoms with Crippen LogP contribution < -0.4 is 5.73 Å². The molecule has 7 heteroatoms. The Morgan fingerprint density at radius 3 is 2.54 bits per heavy atom. The van der Waals surface area contributed by atoms with Gasteiger partial charge in [-0.2, -0.15) is 0 Å². The Morgan fingerprint density at radius 1 is 1.54 bits per heavy atom. The smallest absolute Gasteiger partial charge is 0.277 e. The van der Waals surface area contributed by atoms with Crippen molar-refractivity contribution in [2.75, 3.05) is 6.54 Å². The number of halogens is 4. The number of hydrogen-bond donors (Lipinski definition) is 1. The van der Waals surface area contributed by atoms with E-state index in [0.717, 1.165) is 3.70 Å². The van der Waals surface area contributed by atoms with E-state index < -0.39 is 19.0 Å². The summed E-state index contributed by atoms with van der Waals surface area (Å²) in [6, 6.07) is 0. The highest BCUT2D eigenvalue weighted by Crippen LogP contribution is 2.19. The van der Waals surface area contributed by atoms with Gasteiger partial charge in [-0.3, -0.25) is 0 Å². The molecule has 2 N–H and O–H groups in total. The zero-order valence-corrected chi connectivity index (χ0v) is 10.8. The van der Waals surface area contributed by atoms with Crippen LogP contribution in [-0.2, 0) is 6.54 Å². The fourth-order valence-corrected chi connectivity index (χ4v) is 1.64. The van der Waals surface area contributed by atoms with Crippen LogP contribution in [0.2, 0.25) is 0 Å². The van der Waals surface area contributed by atoms with Crippen LogP contribution in [0.25, 0.3) is 0 Å². The molecule has 0 aliphatic heterocycles. The Balaban J connectivity index is 2.80. The lowest BCUT2D eigenvalue weighted by molar-refractivity contribution is -0.00726. The molecule has 13 heavy (non-hydrogen) atoms. The molecule has 0 saturated heterocycles. The van der Waals surface area contributed by atoms with Crippen molar-refractivity contribution in [1.82, 2.24) is 9.55 Å². The molecule has 1 heterocycles. The first kappa shape index (κ1) is 11.6. The van der Waals surface area contributed by atoms with E-state index >= 15 is 0 Å². The molecule has 0 saturated carbocycles. The van der Waals surface area contributed by atoms with E-state index in [4.69, 9.17) is 5.73 Å². The highest BCUT2D eigenvalue weighted by atomic mass is 127. The number of hydrogen-bond acceptors (Lipinski definition) is 2. The van der Waals surface area contributed by atoms with Crippen LogP contribution in [0.5, 0.6) is 0 Å². The Morgan fingerprint density at radius 2 is 2.15 bits per heavy atom. The fraction of sp³-hybridized carbons (Fsp3) is 0.500. The van der Waals surface area contributed by atoms with Crippen molar-refractivity contribution in [3.05, 3.63) is 13.7 Å². The molecule has 1 aromatic heterocycles. The first-order valence-electron chi connectivity index (χ1n) is 3.40. The van der Waals surface area contributed by atoms with Crippen molar-refractivity contribution in [3.63, 3.8) is 0 Å². The molecule has 0 fully saturated rings. The molecule has 0 aromatic carbocycles.